The molecule has 4 N–H and O–H groups in total. The van der Waals surface area contributed by atoms with Crippen molar-refractivity contribution in [3.05, 3.63) is 23.8 Å². The Bertz CT molecular complexity index is 502. The summed E-state index contributed by atoms with van der Waals surface area (Å²) in [4.78, 5) is 23.0. The highest BCUT2D eigenvalue weighted by Crippen LogP contribution is 2.27. The Morgan fingerprint density at radius 2 is 2.05 bits per heavy atom. The molecule has 20 heavy (non-hydrogen) atoms. The predicted octanol–water partition coefficient (Wildman–Crippen LogP) is 1.65. The molecule has 0 bridgehead atoms. The van der Waals surface area contributed by atoms with Gasteiger partial charge in [-0.25, -0.2) is 4.79 Å². The molecule has 0 fully saturated rings. The van der Waals surface area contributed by atoms with Gasteiger partial charge in [0.1, 0.15) is 5.56 Å². The van der Waals surface area contributed by atoms with Crippen molar-refractivity contribution >= 4 is 17.6 Å². The van der Waals surface area contributed by atoms with E-state index in [9.17, 15) is 9.59 Å². The minimum Gasteiger partial charge on any atom is -0.478 e. The summed E-state index contributed by atoms with van der Waals surface area (Å²) >= 11 is 0. The second-order valence-corrected chi connectivity index (χ2v) is 4.61. The zero-order valence-corrected chi connectivity index (χ0v) is 11.8. The molecule has 1 rings (SSSR count). The number of carbonyl (C=O) groups excluding carboxylic acids is 1. The molecule has 0 saturated carbocycles. The van der Waals surface area contributed by atoms with Crippen LogP contribution in [0.15, 0.2) is 18.2 Å². The molecule has 110 valence electrons. The smallest absolute Gasteiger partial charge is 0.339 e. The van der Waals surface area contributed by atoms with Gasteiger partial charge in [-0.1, -0.05) is 13.0 Å². The molecule has 0 aromatic heterocycles. The van der Waals surface area contributed by atoms with Gasteiger partial charge in [-0.3, -0.25) is 4.79 Å². The van der Waals surface area contributed by atoms with Crippen molar-refractivity contribution in [1.29, 1.82) is 0 Å². The second-order valence-electron chi connectivity index (χ2n) is 4.61. The van der Waals surface area contributed by atoms with Gasteiger partial charge in [-0.05, 0) is 32.4 Å². The number of nitrogens with two attached hydrogens (primary N) is 1. The predicted molar refractivity (Wildman–Crippen MR) is 75.8 cm³/mol. The molecule has 2 unspecified atom stereocenters. The number of aromatic carboxylic acids is 1. The van der Waals surface area contributed by atoms with Crippen LogP contribution >= 0.6 is 0 Å². The number of amides is 1. The van der Waals surface area contributed by atoms with Crippen molar-refractivity contribution in [3.8, 4) is 5.75 Å². The molecule has 0 spiro atoms. The maximum Gasteiger partial charge on any atom is 0.339 e. The van der Waals surface area contributed by atoms with Crippen LogP contribution in [-0.4, -0.2) is 29.1 Å². The number of anilines is 1. The number of hydrogen-bond donors (Lipinski definition) is 3. The molecular formula is C14H20N2O4. The van der Waals surface area contributed by atoms with Gasteiger partial charge in [-0.2, -0.15) is 0 Å². The number of rotatable bonds is 6. The van der Waals surface area contributed by atoms with Gasteiger partial charge in [0.05, 0.1) is 5.69 Å². The molecule has 1 aromatic rings. The lowest BCUT2D eigenvalue weighted by Gasteiger charge is -2.19. The van der Waals surface area contributed by atoms with Crippen molar-refractivity contribution in [2.75, 3.05) is 5.73 Å². The van der Waals surface area contributed by atoms with E-state index in [1.807, 2.05) is 13.8 Å². The normalized spacial score (nSPS) is 13.3. The monoisotopic (exact) mass is 280 g/mol. The van der Waals surface area contributed by atoms with Crippen molar-refractivity contribution < 1.29 is 19.4 Å². The number of hydrogen-bond acceptors (Lipinski definition) is 4. The lowest BCUT2D eigenvalue weighted by atomic mass is 10.1. The van der Waals surface area contributed by atoms with Gasteiger partial charge in [-0.15, -0.1) is 0 Å². The number of nitrogen functional groups attached to an aromatic ring is 1. The van der Waals surface area contributed by atoms with Crippen LogP contribution in [0.25, 0.3) is 0 Å². The third-order valence-corrected chi connectivity index (χ3v) is 2.94. The molecule has 2 atom stereocenters. The number of para-hydroxylation sites is 1. The largest absolute Gasteiger partial charge is 0.478 e. The van der Waals surface area contributed by atoms with E-state index in [2.05, 4.69) is 5.32 Å². The molecule has 0 radical (unpaired) electrons. The number of ether oxygens (including phenoxy) is 1. The third-order valence-electron chi connectivity index (χ3n) is 2.94. The standard InChI is InChI=1S/C14H20N2O4/c1-4-8(2)16-13(17)9(3)20-12-10(14(18)19)6-5-7-11(12)15/h5-9H,4,15H2,1-3H3,(H,16,17)(H,18,19). The summed E-state index contributed by atoms with van der Waals surface area (Å²) in [6.45, 7) is 5.38. The lowest BCUT2D eigenvalue weighted by molar-refractivity contribution is -0.127. The fourth-order valence-electron chi connectivity index (χ4n) is 1.55. The van der Waals surface area contributed by atoms with Gasteiger partial charge < -0.3 is 20.9 Å². The first-order valence-electron chi connectivity index (χ1n) is 6.45. The minimum absolute atomic E-state index is 0.0202. The second kappa shape index (κ2) is 6.79. The summed E-state index contributed by atoms with van der Waals surface area (Å²) in [6, 6.07) is 4.46. The van der Waals surface area contributed by atoms with E-state index in [0.717, 1.165) is 6.42 Å². The summed E-state index contributed by atoms with van der Waals surface area (Å²) in [5.74, 6) is -1.44. The van der Waals surface area contributed by atoms with Crippen LogP contribution in [0.1, 0.15) is 37.6 Å². The molecule has 0 aliphatic carbocycles. The Morgan fingerprint density at radius 1 is 1.40 bits per heavy atom. The Hall–Kier alpha value is -2.24. The number of carbonyl (C=O) groups is 2. The van der Waals surface area contributed by atoms with E-state index >= 15 is 0 Å². The van der Waals surface area contributed by atoms with Gasteiger partial charge >= 0.3 is 5.97 Å². The first kappa shape index (κ1) is 15.8. The first-order chi connectivity index (χ1) is 9.36. The van der Waals surface area contributed by atoms with Crippen molar-refractivity contribution in [1.82, 2.24) is 5.32 Å². The molecule has 1 aromatic carbocycles. The van der Waals surface area contributed by atoms with E-state index < -0.39 is 12.1 Å². The summed E-state index contributed by atoms with van der Waals surface area (Å²) in [5.41, 5.74) is 5.84. The summed E-state index contributed by atoms with van der Waals surface area (Å²) < 4.78 is 5.43. The van der Waals surface area contributed by atoms with Gasteiger partial charge in [0.25, 0.3) is 5.91 Å². The Morgan fingerprint density at radius 3 is 2.60 bits per heavy atom. The highest BCUT2D eigenvalue weighted by Gasteiger charge is 2.21. The van der Waals surface area contributed by atoms with E-state index in [1.165, 1.54) is 18.2 Å². The van der Waals surface area contributed by atoms with Crippen molar-refractivity contribution in [2.45, 2.75) is 39.3 Å². The molecule has 0 aliphatic rings. The van der Waals surface area contributed by atoms with Crippen LogP contribution in [0.2, 0.25) is 0 Å². The number of carboxylic acids is 1. The first-order valence-corrected chi connectivity index (χ1v) is 6.45. The van der Waals surface area contributed by atoms with Crippen LogP contribution in [0.5, 0.6) is 5.75 Å². The zero-order chi connectivity index (χ0) is 15.3. The molecule has 6 heteroatoms. The average molecular weight is 280 g/mol. The SMILES string of the molecule is CCC(C)NC(=O)C(C)Oc1c(N)cccc1C(=O)O. The molecule has 1 amide bonds. The zero-order valence-electron chi connectivity index (χ0n) is 11.8. The molecule has 0 aliphatic heterocycles. The number of carboxylic acid groups (broad SMARTS) is 1. The van der Waals surface area contributed by atoms with Crippen LogP contribution in [0.3, 0.4) is 0 Å². The number of benzene rings is 1. The summed E-state index contributed by atoms with van der Waals surface area (Å²) in [6.07, 6.45) is -0.0291. The van der Waals surface area contributed by atoms with Gasteiger partial charge in [0.2, 0.25) is 0 Å². The van der Waals surface area contributed by atoms with Crippen LogP contribution in [0, 0.1) is 0 Å². The van der Waals surface area contributed by atoms with Crippen molar-refractivity contribution in [3.63, 3.8) is 0 Å². The topological polar surface area (TPSA) is 102 Å². The minimum atomic E-state index is -1.15. The molecule has 6 nitrogen and oxygen atoms in total. The van der Waals surface area contributed by atoms with E-state index in [1.54, 1.807) is 6.92 Å². The number of nitrogens with one attached hydrogen (secondary N) is 1. The van der Waals surface area contributed by atoms with Crippen LogP contribution in [-0.2, 0) is 4.79 Å². The van der Waals surface area contributed by atoms with Crippen LogP contribution < -0.4 is 15.8 Å². The van der Waals surface area contributed by atoms with E-state index in [-0.39, 0.29) is 28.9 Å². The van der Waals surface area contributed by atoms with E-state index in [0.29, 0.717) is 0 Å². The van der Waals surface area contributed by atoms with Crippen LogP contribution in [0.4, 0.5) is 5.69 Å². The van der Waals surface area contributed by atoms with E-state index in [4.69, 9.17) is 15.6 Å². The summed E-state index contributed by atoms with van der Waals surface area (Å²) in [5, 5.41) is 11.9. The fourth-order valence-corrected chi connectivity index (χ4v) is 1.55. The third kappa shape index (κ3) is 3.88. The molecular weight excluding hydrogens is 260 g/mol. The highest BCUT2D eigenvalue weighted by atomic mass is 16.5. The fraction of sp³-hybridized carbons (Fsp3) is 0.429. The Labute approximate surface area is 117 Å². The summed E-state index contributed by atoms with van der Waals surface area (Å²) in [7, 11) is 0. The Kier molecular flexibility index (Phi) is 5.37. The maximum atomic E-state index is 11.9. The molecule has 0 saturated heterocycles. The molecule has 0 heterocycles. The maximum absolute atomic E-state index is 11.9. The lowest BCUT2D eigenvalue weighted by Crippen LogP contribution is -2.41. The van der Waals surface area contributed by atoms with Gasteiger partial charge in [0.15, 0.2) is 11.9 Å². The van der Waals surface area contributed by atoms with Gasteiger partial charge in [0, 0.05) is 6.04 Å². The van der Waals surface area contributed by atoms with Crippen molar-refractivity contribution in [2.24, 2.45) is 0 Å². The highest BCUT2D eigenvalue weighted by molar-refractivity contribution is 5.93. The average Bonchev–Trinajstić information content (AvgIpc) is 2.40. The Balaban J connectivity index is 2.88. The quantitative estimate of drug-likeness (QED) is 0.688.